The average molecular weight is 414 g/mol. The Morgan fingerprint density at radius 3 is 2.79 bits per heavy atom. The number of aromatic hydroxyl groups is 1. The van der Waals surface area contributed by atoms with Crippen LogP contribution in [0.4, 0.5) is 5.82 Å². The van der Waals surface area contributed by atoms with E-state index in [-0.39, 0.29) is 29.5 Å². The van der Waals surface area contributed by atoms with E-state index >= 15 is 0 Å². The van der Waals surface area contributed by atoms with E-state index in [4.69, 9.17) is 11.6 Å². The van der Waals surface area contributed by atoms with Crippen molar-refractivity contribution in [1.82, 2.24) is 9.97 Å². The molecule has 0 saturated heterocycles. The van der Waals surface area contributed by atoms with Gasteiger partial charge in [-0.1, -0.05) is 53.7 Å². The van der Waals surface area contributed by atoms with Crippen LogP contribution in [0.5, 0.6) is 5.75 Å². The Balaban J connectivity index is 1.67. The number of hydrogen-bond acceptors (Lipinski definition) is 5. The maximum atomic E-state index is 12.8. The summed E-state index contributed by atoms with van der Waals surface area (Å²) in [6, 6.07) is 14.0. The van der Waals surface area contributed by atoms with Gasteiger partial charge in [-0.15, -0.1) is 0 Å². The van der Waals surface area contributed by atoms with Gasteiger partial charge in [0.2, 0.25) is 5.91 Å². The summed E-state index contributed by atoms with van der Waals surface area (Å²) in [4.78, 5) is 32.2. The Morgan fingerprint density at radius 1 is 1.18 bits per heavy atom. The number of H-pyrrole nitrogens is 1. The molecule has 142 valence electrons. The fourth-order valence-electron chi connectivity index (χ4n) is 3.21. The summed E-state index contributed by atoms with van der Waals surface area (Å²) in [5.41, 5.74) is 1.71. The highest BCUT2D eigenvalue weighted by molar-refractivity contribution is 7.98. The van der Waals surface area contributed by atoms with E-state index in [9.17, 15) is 14.7 Å². The van der Waals surface area contributed by atoms with Crippen LogP contribution in [-0.2, 0) is 10.5 Å². The monoisotopic (exact) mass is 413 g/mol. The number of aromatic nitrogens is 2. The fraction of sp³-hybridized carbons (Fsp3) is 0.150. The molecule has 28 heavy (non-hydrogen) atoms. The van der Waals surface area contributed by atoms with Crippen LogP contribution >= 0.6 is 23.4 Å². The first-order valence-electron chi connectivity index (χ1n) is 8.60. The second-order valence-corrected chi connectivity index (χ2v) is 7.78. The van der Waals surface area contributed by atoms with Crippen molar-refractivity contribution in [3.8, 4) is 5.75 Å². The highest BCUT2D eigenvalue weighted by Crippen LogP contribution is 2.35. The molecule has 0 aliphatic carbocycles. The quantitative estimate of drug-likeness (QED) is 0.445. The molecule has 2 heterocycles. The molecule has 1 amide bonds. The normalized spacial score (nSPS) is 15.8. The molecular formula is C20H16ClN3O3S. The van der Waals surface area contributed by atoms with Crippen LogP contribution in [0, 0.1) is 0 Å². The number of nitrogens with zero attached hydrogens (tertiary/aromatic N) is 1. The highest BCUT2D eigenvalue weighted by atomic mass is 35.5. The number of anilines is 1. The maximum Gasteiger partial charge on any atom is 0.257 e. The molecule has 0 spiro atoms. The maximum absolute atomic E-state index is 12.8. The van der Waals surface area contributed by atoms with Gasteiger partial charge in [0, 0.05) is 23.1 Å². The van der Waals surface area contributed by atoms with Crippen molar-refractivity contribution in [2.24, 2.45) is 0 Å². The Kier molecular flexibility index (Phi) is 5.11. The summed E-state index contributed by atoms with van der Waals surface area (Å²) in [5.74, 6) is 0.192. The van der Waals surface area contributed by atoms with Gasteiger partial charge in [0.15, 0.2) is 5.16 Å². The van der Waals surface area contributed by atoms with Gasteiger partial charge in [-0.2, -0.15) is 0 Å². The molecule has 0 fully saturated rings. The van der Waals surface area contributed by atoms with E-state index < -0.39 is 5.92 Å². The predicted molar refractivity (Wildman–Crippen MR) is 109 cm³/mol. The smallest absolute Gasteiger partial charge is 0.257 e. The van der Waals surface area contributed by atoms with Crippen LogP contribution in [0.2, 0.25) is 5.02 Å². The van der Waals surface area contributed by atoms with Crippen molar-refractivity contribution < 1.29 is 9.90 Å². The molecule has 1 atom stereocenters. The summed E-state index contributed by atoms with van der Waals surface area (Å²) in [5, 5.41) is 13.5. The second-order valence-electron chi connectivity index (χ2n) is 6.41. The third kappa shape index (κ3) is 3.76. The van der Waals surface area contributed by atoms with E-state index in [1.807, 2.05) is 18.2 Å². The SMILES string of the molecule is O=C1CC(c2cccc(O)c2)c2c(nc(SCc3ccccc3Cl)[nH]c2=O)N1. The molecular weight excluding hydrogens is 398 g/mol. The van der Waals surface area contributed by atoms with Crippen LogP contribution in [0.1, 0.15) is 29.0 Å². The van der Waals surface area contributed by atoms with Crippen LogP contribution in [0.3, 0.4) is 0 Å². The van der Waals surface area contributed by atoms with Crippen molar-refractivity contribution in [2.45, 2.75) is 23.2 Å². The third-order valence-electron chi connectivity index (χ3n) is 4.52. The van der Waals surface area contributed by atoms with Gasteiger partial charge in [0.05, 0.1) is 5.56 Å². The topological polar surface area (TPSA) is 95.1 Å². The molecule has 1 unspecified atom stereocenters. The van der Waals surface area contributed by atoms with E-state index in [0.717, 1.165) is 5.56 Å². The third-order valence-corrected chi connectivity index (χ3v) is 5.82. The van der Waals surface area contributed by atoms with Crippen LogP contribution in [0.15, 0.2) is 58.5 Å². The minimum atomic E-state index is -0.463. The molecule has 0 bridgehead atoms. The summed E-state index contributed by atoms with van der Waals surface area (Å²) in [6.07, 6.45) is 0.118. The Hall–Kier alpha value is -2.77. The van der Waals surface area contributed by atoms with Gasteiger partial charge in [-0.3, -0.25) is 9.59 Å². The highest BCUT2D eigenvalue weighted by Gasteiger charge is 2.31. The number of phenolic OH excluding ortho intramolecular Hbond substituents is 1. The molecule has 2 aromatic carbocycles. The van der Waals surface area contributed by atoms with Gasteiger partial charge in [0.1, 0.15) is 11.6 Å². The lowest BCUT2D eigenvalue weighted by atomic mass is 9.87. The number of nitrogens with one attached hydrogen (secondary N) is 2. The molecule has 8 heteroatoms. The number of phenols is 1. The lowest BCUT2D eigenvalue weighted by Crippen LogP contribution is -2.31. The Morgan fingerprint density at radius 2 is 2.00 bits per heavy atom. The number of rotatable bonds is 4. The first kappa shape index (κ1) is 18.6. The predicted octanol–water partition coefficient (Wildman–Crippen LogP) is 3.90. The van der Waals surface area contributed by atoms with Crippen molar-refractivity contribution >= 4 is 35.1 Å². The fourth-order valence-corrected chi connectivity index (χ4v) is 4.35. The van der Waals surface area contributed by atoms with E-state index in [0.29, 0.717) is 27.1 Å². The number of carbonyl (C=O) groups excluding carboxylic acids is 1. The summed E-state index contributed by atoms with van der Waals surface area (Å²) >= 11 is 7.51. The van der Waals surface area contributed by atoms with E-state index in [2.05, 4.69) is 15.3 Å². The molecule has 6 nitrogen and oxygen atoms in total. The minimum Gasteiger partial charge on any atom is -0.508 e. The largest absolute Gasteiger partial charge is 0.508 e. The Labute approximate surface area is 170 Å². The molecule has 1 aromatic heterocycles. The zero-order valence-corrected chi connectivity index (χ0v) is 16.2. The number of benzene rings is 2. The average Bonchev–Trinajstić information content (AvgIpc) is 2.66. The first-order chi connectivity index (χ1) is 13.5. The number of carbonyl (C=O) groups is 1. The summed E-state index contributed by atoms with van der Waals surface area (Å²) < 4.78 is 0. The van der Waals surface area contributed by atoms with Gasteiger partial charge in [-0.25, -0.2) is 4.98 Å². The van der Waals surface area contributed by atoms with Crippen LogP contribution in [-0.4, -0.2) is 21.0 Å². The standard InChI is InChI=1S/C20H16ClN3O3S/c21-15-7-2-1-4-12(15)10-28-20-23-18-17(19(27)24-20)14(9-16(26)22-18)11-5-3-6-13(25)8-11/h1-8,14,25H,9-10H2,(H2,22,23,24,26,27). The number of thioether (sulfide) groups is 1. The molecule has 0 saturated carbocycles. The molecule has 3 N–H and O–H groups in total. The number of hydrogen-bond donors (Lipinski definition) is 3. The van der Waals surface area contributed by atoms with Crippen LogP contribution in [0.25, 0.3) is 0 Å². The number of halogens is 1. The molecule has 4 rings (SSSR count). The molecule has 1 aliphatic rings. The molecule has 3 aromatic rings. The Bertz CT molecular complexity index is 1120. The minimum absolute atomic E-state index is 0.0846. The zero-order chi connectivity index (χ0) is 19.7. The first-order valence-corrected chi connectivity index (χ1v) is 9.97. The van der Waals surface area contributed by atoms with Gasteiger partial charge in [0.25, 0.3) is 5.56 Å². The zero-order valence-electron chi connectivity index (χ0n) is 14.6. The van der Waals surface area contributed by atoms with Gasteiger partial charge >= 0.3 is 0 Å². The number of fused-ring (bicyclic) bond motifs is 1. The summed E-state index contributed by atoms with van der Waals surface area (Å²) in [7, 11) is 0. The van der Waals surface area contributed by atoms with Crippen molar-refractivity contribution in [2.75, 3.05) is 5.32 Å². The summed E-state index contributed by atoms with van der Waals surface area (Å²) in [6.45, 7) is 0. The number of aromatic amines is 1. The van der Waals surface area contributed by atoms with E-state index in [1.165, 1.54) is 11.8 Å². The number of amides is 1. The lowest BCUT2D eigenvalue weighted by molar-refractivity contribution is -0.116. The van der Waals surface area contributed by atoms with Gasteiger partial charge in [-0.05, 0) is 29.3 Å². The lowest BCUT2D eigenvalue weighted by Gasteiger charge is -2.24. The van der Waals surface area contributed by atoms with Crippen molar-refractivity contribution in [3.63, 3.8) is 0 Å². The second kappa shape index (κ2) is 7.69. The van der Waals surface area contributed by atoms with Crippen LogP contribution < -0.4 is 10.9 Å². The van der Waals surface area contributed by atoms with E-state index in [1.54, 1.807) is 30.3 Å². The molecule has 0 radical (unpaired) electrons. The van der Waals surface area contributed by atoms with Crippen molar-refractivity contribution in [3.05, 3.63) is 80.6 Å². The molecule has 1 aliphatic heterocycles. The van der Waals surface area contributed by atoms with Gasteiger partial charge < -0.3 is 15.4 Å². The van der Waals surface area contributed by atoms with Crippen molar-refractivity contribution in [1.29, 1.82) is 0 Å².